The van der Waals surface area contributed by atoms with E-state index in [0.717, 1.165) is 16.7 Å². The number of hydrogen-bond donors (Lipinski definition) is 2. The molecule has 41 heavy (non-hydrogen) atoms. The molecule has 4 aromatic rings. The molecule has 0 fully saturated rings. The van der Waals surface area contributed by atoms with Crippen molar-refractivity contribution in [3.8, 4) is 5.75 Å². The predicted molar refractivity (Wildman–Crippen MR) is 159 cm³/mol. The Morgan fingerprint density at radius 2 is 1.73 bits per heavy atom. The van der Waals surface area contributed by atoms with Crippen LogP contribution in [-0.2, 0) is 9.59 Å². The van der Waals surface area contributed by atoms with Gasteiger partial charge < -0.3 is 15.2 Å². The lowest BCUT2D eigenvalue weighted by atomic mass is 9.93. The minimum Gasteiger partial charge on any atom is -0.482 e. The summed E-state index contributed by atoms with van der Waals surface area (Å²) in [6.45, 7) is 5.59. The van der Waals surface area contributed by atoms with Crippen LogP contribution in [0.4, 0.5) is 5.69 Å². The molecule has 0 bridgehead atoms. The monoisotopic (exact) mass is 567 g/mol. The Kier molecular flexibility index (Phi) is 7.98. The lowest BCUT2D eigenvalue weighted by molar-refractivity contribution is -0.139. The average molecular weight is 568 g/mol. The number of carboxylic acid groups (broad SMARTS) is 1. The topological polar surface area (TPSA) is 110 Å². The smallest absolute Gasteiger partial charge is 0.341 e. The summed E-state index contributed by atoms with van der Waals surface area (Å²) in [7, 11) is 0. The van der Waals surface area contributed by atoms with Crippen molar-refractivity contribution in [2.45, 2.75) is 32.7 Å². The third-order valence-electron chi connectivity index (χ3n) is 6.76. The lowest BCUT2D eigenvalue weighted by Gasteiger charge is -2.25. The Labute approximate surface area is 240 Å². The number of ether oxygens (including phenoxy) is 1. The quantitative estimate of drug-likeness (QED) is 0.327. The van der Waals surface area contributed by atoms with E-state index < -0.39 is 18.6 Å². The SMILES string of the molecule is CC1=C(C(=O)Nc2ccccc2)[C@@H](c2ccc(C(C)C)cc2)n2c(s/c(=C\c3ccc(OCC(=O)O)cc3)c2=O)=N1. The second-order valence-corrected chi connectivity index (χ2v) is 11.0. The summed E-state index contributed by atoms with van der Waals surface area (Å²) in [5, 5.41) is 11.8. The average Bonchev–Trinajstić information content (AvgIpc) is 3.26. The van der Waals surface area contributed by atoms with Crippen LogP contribution in [0.3, 0.4) is 0 Å². The Morgan fingerprint density at radius 1 is 1.05 bits per heavy atom. The molecule has 8 nitrogen and oxygen atoms in total. The van der Waals surface area contributed by atoms with Crippen LogP contribution in [-0.4, -0.2) is 28.2 Å². The van der Waals surface area contributed by atoms with E-state index in [2.05, 4.69) is 19.2 Å². The molecule has 0 saturated carbocycles. The highest BCUT2D eigenvalue weighted by Gasteiger charge is 2.32. The molecule has 0 unspecified atom stereocenters. The van der Waals surface area contributed by atoms with Crippen LogP contribution in [0.1, 0.15) is 49.4 Å². The Hall–Kier alpha value is -4.76. The molecule has 0 radical (unpaired) electrons. The van der Waals surface area contributed by atoms with E-state index in [0.29, 0.717) is 38.0 Å². The molecule has 0 aliphatic carbocycles. The molecular weight excluding hydrogens is 538 g/mol. The fourth-order valence-corrected chi connectivity index (χ4v) is 5.71. The van der Waals surface area contributed by atoms with E-state index in [1.54, 1.807) is 41.8 Å². The highest BCUT2D eigenvalue weighted by atomic mass is 32.1. The van der Waals surface area contributed by atoms with Crippen LogP contribution in [0.2, 0.25) is 0 Å². The Morgan fingerprint density at radius 3 is 2.37 bits per heavy atom. The molecule has 1 atom stereocenters. The van der Waals surface area contributed by atoms with Crippen LogP contribution in [0.5, 0.6) is 5.75 Å². The molecule has 0 spiro atoms. The maximum atomic E-state index is 13.9. The number of benzene rings is 3. The van der Waals surface area contributed by atoms with E-state index in [1.165, 1.54) is 11.3 Å². The van der Waals surface area contributed by atoms with Gasteiger partial charge in [0.15, 0.2) is 11.4 Å². The van der Waals surface area contributed by atoms with Crippen molar-refractivity contribution >= 4 is 35.0 Å². The molecule has 1 aliphatic rings. The predicted octanol–water partition coefficient (Wildman–Crippen LogP) is 4.46. The fourth-order valence-electron chi connectivity index (χ4n) is 4.67. The van der Waals surface area contributed by atoms with Gasteiger partial charge in [-0.3, -0.25) is 14.2 Å². The third kappa shape index (κ3) is 6.05. The molecule has 2 N–H and O–H groups in total. The number of aromatic nitrogens is 1. The Bertz CT molecular complexity index is 1800. The summed E-state index contributed by atoms with van der Waals surface area (Å²) >= 11 is 1.26. The van der Waals surface area contributed by atoms with E-state index in [1.807, 2.05) is 54.6 Å². The summed E-state index contributed by atoms with van der Waals surface area (Å²) in [6.07, 6.45) is 1.76. The van der Waals surface area contributed by atoms with Crippen molar-refractivity contribution in [3.63, 3.8) is 0 Å². The number of fused-ring (bicyclic) bond motifs is 1. The summed E-state index contributed by atoms with van der Waals surface area (Å²) < 4.78 is 7.26. The summed E-state index contributed by atoms with van der Waals surface area (Å²) in [4.78, 5) is 43.5. The number of allylic oxidation sites excluding steroid dienone is 1. The molecule has 2 heterocycles. The van der Waals surface area contributed by atoms with Gasteiger partial charge in [-0.15, -0.1) is 0 Å². The molecule has 1 aromatic heterocycles. The number of nitrogens with one attached hydrogen (secondary N) is 1. The first-order valence-electron chi connectivity index (χ1n) is 13.1. The van der Waals surface area contributed by atoms with Crippen LogP contribution in [0.15, 0.2) is 99.9 Å². The number of carboxylic acids is 1. The van der Waals surface area contributed by atoms with Crippen LogP contribution in [0.25, 0.3) is 6.08 Å². The summed E-state index contributed by atoms with van der Waals surface area (Å²) in [5.41, 5.74) is 4.07. The van der Waals surface area contributed by atoms with E-state index in [-0.39, 0.29) is 11.5 Å². The van der Waals surface area contributed by atoms with Crippen molar-refractivity contribution in [2.24, 2.45) is 4.99 Å². The highest BCUT2D eigenvalue weighted by Crippen LogP contribution is 2.31. The fraction of sp³-hybridized carbons (Fsp3) is 0.188. The second kappa shape index (κ2) is 11.8. The van der Waals surface area contributed by atoms with Gasteiger partial charge in [0.1, 0.15) is 5.75 Å². The van der Waals surface area contributed by atoms with Gasteiger partial charge in [-0.2, -0.15) is 0 Å². The number of hydrogen-bond acceptors (Lipinski definition) is 6. The van der Waals surface area contributed by atoms with E-state index in [9.17, 15) is 14.4 Å². The van der Waals surface area contributed by atoms with Gasteiger partial charge in [-0.1, -0.05) is 79.8 Å². The maximum Gasteiger partial charge on any atom is 0.341 e. The molecule has 3 aromatic carbocycles. The first kappa shape index (κ1) is 27.8. The van der Waals surface area contributed by atoms with Crippen LogP contribution in [0, 0.1) is 0 Å². The molecule has 208 valence electrons. The van der Waals surface area contributed by atoms with Crippen molar-refractivity contribution in [3.05, 3.63) is 127 Å². The first-order valence-corrected chi connectivity index (χ1v) is 14.0. The van der Waals surface area contributed by atoms with Crippen molar-refractivity contribution in [2.75, 3.05) is 11.9 Å². The largest absolute Gasteiger partial charge is 0.482 e. The van der Waals surface area contributed by atoms with Gasteiger partial charge in [0.2, 0.25) is 0 Å². The number of carbonyl (C=O) groups excluding carboxylic acids is 1. The zero-order valence-corrected chi connectivity index (χ0v) is 23.6. The molecule has 5 rings (SSSR count). The van der Waals surface area contributed by atoms with Crippen LogP contribution >= 0.6 is 11.3 Å². The van der Waals surface area contributed by atoms with Gasteiger partial charge in [-0.25, -0.2) is 9.79 Å². The molecule has 0 saturated heterocycles. The van der Waals surface area contributed by atoms with Gasteiger partial charge >= 0.3 is 5.97 Å². The molecule has 9 heteroatoms. The first-order chi connectivity index (χ1) is 19.7. The van der Waals surface area contributed by atoms with E-state index >= 15 is 0 Å². The normalized spacial score (nSPS) is 14.9. The third-order valence-corrected chi connectivity index (χ3v) is 7.74. The van der Waals surface area contributed by atoms with Gasteiger partial charge in [0, 0.05) is 5.69 Å². The molecular formula is C32H29N3O5S. The zero-order chi connectivity index (χ0) is 29.1. The van der Waals surface area contributed by atoms with Crippen molar-refractivity contribution in [1.29, 1.82) is 0 Å². The number of para-hydroxylation sites is 1. The highest BCUT2D eigenvalue weighted by molar-refractivity contribution is 7.07. The van der Waals surface area contributed by atoms with Gasteiger partial charge in [0.05, 0.1) is 21.8 Å². The zero-order valence-electron chi connectivity index (χ0n) is 22.8. The van der Waals surface area contributed by atoms with E-state index in [4.69, 9.17) is 14.8 Å². The maximum absolute atomic E-state index is 13.9. The molecule has 1 amide bonds. The number of rotatable bonds is 8. The number of aliphatic carboxylic acids is 1. The summed E-state index contributed by atoms with van der Waals surface area (Å²) in [5.74, 6) is -0.622. The lowest BCUT2D eigenvalue weighted by Crippen LogP contribution is -2.40. The number of thiazole rings is 1. The second-order valence-electron chi connectivity index (χ2n) is 9.97. The number of anilines is 1. The molecule has 1 aliphatic heterocycles. The van der Waals surface area contributed by atoms with Crippen molar-refractivity contribution < 1.29 is 19.4 Å². The van der Waals surface area contributed by atoms with Crippen LogP contribution < -0.4 is 24.9 Å². The minimum atomic E-state index is -1.06. The minimum absolute atomic E-state index is 0.254. The summed E-state index contributed by atoms with van der Waals surface area (Å²) in [6, 6.07) is 23.4. The standard InChI is InChI=1S/C32H29N3O5S/c1-19(2)22-11-13-23(14-12-22)29-28(30(38)34-24-7-5-4-6-8-24)20(3)33-32-35(29)31(39)26(41-32)17-21-9-15-25(16-10-21)40-18-27(36)37/h4-17,19,29H,18H2,1-3H3,(H,34,38)(H,36,37)/b26-17-/t29-/m1/s1. The van der Waals surface area contributed by atoms with Gasteiger partial charge in [0.25, 0.3) is 11.5 Å². The van der Waals surface area contributed by atoms with Crippen molar-refractivity contribution in [1.82, 2.24) is 4.57 Å². The number of amides is 1. The number of carbonyl (C=O) groups is 2. The number of nitrogens with zero attached hydrogens (tertiary/aromatic N) is 2. The Balaban J connectivity index is 1.59. The van der Waals surface area contributed by atoms with Gasteiger partial charge in [-0.05, 0) is 59.9 Å².